The van der Waals surface area contributed by atoms with E-state index in [0.717, 1.165) is 16.0 Å². The van der Waals surface area contributed by atoms with E-state index in [0.29, 0.717) is 18.6 Å². The van der Waals surface area contributed by atoms with Gasteiger partial charge in [-0.25, -0.2) is 4.79 Å². The fraction of sp³-hybridized carbons (Fsp3) is 0.304. The number of hydrogen-bond acceptors (Lipinski definition) is 6. The van der Waals surface area contributed by atoms with E-state index < -0.39 is 24.4 Å². The summed E-state index contributed by atoms with van der Waals surface area (Å²) in [6.07, 6.45) is 0.525. The molecule has 0 bridgehead atoms. The van der Waals surface area contributed by atoms with Gasteiger partial charge in [-0.2, -0.15) is 0 Å². The Morgan fingerprint density at radius 3 is 2.40 bits per heavy atom. The largest absolute Gasteiger partial charge is 0.454 e. The highest BCUT2D eigenvalue weighted by Gasteiger charge is 2.35. The van der Waals surface area contributed by atoms with Crippen molar-refractivity contribution in [2.24, 2.45) is 0 Å². The summed E-state index contributed by atoms with van der Waals surface area (Å²) < 4.78 is 10.1. The summed E-state index contributed by atoms with van der Waals surface area (Å²) in [6.45, 7) is 4.02. The highest BCUT2D eigenvalue weighted by Crippen LogP contribution is 2.24. The Bertz CT molecular complexity index is 1030. The summed E-state index contributed by atoms with van der Waals surface area (Å²) >= 11 is 0. The fourth-order valence-electron chi connectivity index (χ4n) is 3.41. The van der Waals surface area contributed by atoms with Gasteiger partial charge in [0.05, 0.1) is 16.7 Å². The third-order valence-corrected chi connectivity index (χ3v) is 4.95. The molecule has 3 rings (SSSR count). The maximum absolute atomic E-state index is 12.6. The van der Waals surface area contributed by atoms with Crippen LogP contribution in [0.15, 0.2) is 36.4 Å². The number of Topliss-reactive ketones (excluding diaryl/α,β-unsaturated/α-hetero) is 1. The molecule has 0 atom stereocenters. The topological polar surface area (TPSA) is 90.0 Å². The van der Waals surface area contributed by atoms with Crippen molar-refractivity contribution in [3.05, 3.63) is 69.8 Å². The molecular formula is C23H23NO6. The molecule has 156 valence electrons. The number of imide groups is 1. The number of amides is 2. The highest BCUT2D eigenvalue weighted by molar-refractivity contribution is 6.22. The van der Waals surface area contributed by atoms with Gasteiger partial charge in [0, 0.05) is 25.8 Å². The lowest BCUT2D eigenvalue weighted by Crippen LogP contribution is -2.31. The molecule has 0 fully saturated rings. The Balaban J connectivity index is 1.68. The zero-order valence-electron chi connectivity index (χ0n) is 17.2. The van der Waals surface area contributed by atoms with E-state index in [9.17, 15) is 19.2 Å². The van der Waals surface area contributed by atoms with E-state index in [-0.39, 0.29) is 29.0 Å². The Kier molecular flexibility index (Phi) is 6.42. The molecule has 30 heavy (non-hydrogen) atoms. The summed E-state index contributed by atoms with van der Waals surface area (Å²) in [5.41, 5.74) is 2.87. The van der Waals surface area contributed by atoms with Crippen molar-refractivity contribution in [1.29, 1.82) is 0 Å². The molecule has 2 aromatic rings. The second-order valence-corrected chi connectivity index (χ2v) is 7.19. The van der Waals surface area contributed by atoms with E-state index in [1.165, 1.54) is 18.2 Å². The number of rotatable bonds is 8. The minimum atomic E-state index is -0.728. The van der Waals surface area contributed by atoms with Crippen molar-refractivity contribution in [2.45, 2.75) is 20.3 Å². The van der Waals surface area contributed by atoms with Crippen LogP contribution in [0, 0.1) is 13.8 Å². The van der Waals surface area contributed by atoms with Gasteiger partial charge < -0.3 is 9.47 Å². The molecule has 2 aromatic carbocycles. The average Bonchev–Trinajstić information content (AvgIpc) is 2.96. The van der Waals surface area contributed by atoms with Crippen LogP contribution in [0.1, 0.15) is 59.0 Å². The minimum absolute atomic E-state index is 0.113. The van der Waals surface area contributed by atoms with Gasteiger partial charge in [-0.05, 0) is 44.0 Å². The van der Waals surface area contributed by atoms with Crippen LogP contribution < -0.4 is 0 Å². The van der Waals surface area contributed by atoms with Crippen LogP contribution in [-0.2, 0) is 9.47 Å². The first-order valence-electron chi connectivity index (χ1n) is 9.60. The molecule has 0 saturated heterocycles. The standard InChI is InChI=1S/C23H23NO6/c1-14-5-7-17(15(2)11-14)20(25)13-30-23(28)16-6-8-18-19(12-16)22(27)24(21(18)26)9-4-10-29-3/h5-8,11-12H,4,9-10,13H2,1-3H3. The highest BCUT2D eigenvalue weighted by atomic mass is 16.5. The summed E-state index contributed by atoms with van der Waals surface area (Å²) in [5.74, 6) is -1.88. The third-order valence-electron chi connectivity index (χ3n) is 4.95. The van der Waals surface area contributed by atoms with Crippen molar-refractivity contribution >= 4 is 23.6 Å². The molecule has 0 aromatic heterocycles. The minimum Gasteiger partial charge on any atom is -0.454 e. The number of carbonyl (C=O) groups excluding carboxylic acids is 4. The Morgan fingerprint density at radius 2 is 1.70 bits per heavy atom. The quantitative estimate of drug-likeness (QED) is 0.288. The van der Waals surface area contributed by atoms with Crippen molar-refractivity contribution in [2.75, 3.05) is 26.9 Å². The molecular weight excluding hydrogens is 386 g/mol. The van der Waals surface area contributed by atoms with E-state index >= 15 is 0 Å². The van der Waals surface area contributed by atoms with Crippen molar-refractivity contribution in [3.8, 4) is 0 Å². The Morgan fingerprint density at radius 1 is 0.967 bits per heavy atom. The van der Waals surface area contributed by atoms with Crippen molar-refractivity contribution in [3.63, 3.8) is 0 Å². The number of esters is 1. The zero-order chi connectivity index (χ0) is 21.8. The van der Waals surface area contributed by atoms with Crippen LogP contribution in [0.2, 0.25) is 0 Å². The predicted octanol–water partition coefficient (Wildman–Crippen LogP) is 2.98. The zero-order valence-corrected chi connectivity index (χ0v) is 17.2. The molecule has 2 amide bonds. The molecule has 1 heterocycles. The number of methoxy groups -OCH3 is 1. The first-order chi connectivity index (χ1) is 14.3. The molecule has 7 nitrogen and oxygen atoms in total. The Hall–Kier alpha value is -3.32. The van der Waals surface area contributed by atoms with Crippen LogP contribution in [0.3, 0.4) is 0 Å². The second kappa shape index (κ2) is 9.00. The lowest BCUT2D eigenvalue weighted by Gasteiger charge is -2.12. The van der Waals surface area contributed by atoms with E-state index in [2.05, 4.69) is 0 Å². The molecule has 0 radical (unpaired) electrons. The van der Waals surface area contributed by atoms with Crippen molar-refractivity contribution < 1.29 is 28.7 Å². The number of ketones is 1. The van der Waals surface area contributed by atoms with Gasteiger partial charge >= 0.3 is 5.97 Å². The van der Waals surface area contributed by atoms with Gasteiger partial charge in [-0.1, -0.05) is 23.8 Å². The normalized spacial score (nSPS) is 12.8. The van der Waals surface area contributed by atoms with E-state index in [4.69, 9.17) is 9.47 Å². The second-order valence-electron chi connectivity index (χ2n) is 7.19. The van der Waals surface area contributed by atoms with Gasteiger partial charge in [0.2, 0.25) is 5.78 Å². The number of hydrogen-bond donors (Lipinski definition) is 0. The summed E-state index contributed by atoms with van der Waals surface area (Å²) in [7, 11) is 1.55. The SMILES string of the molecule is COCCCN1C(=O)c2ccc(C(=O)OCC(=O)c3ccc(C)cc3C)cc2C1=O. The smallest absolute Gasteiger partial charge is 0.338 e. The van der Waals surface area contributed by atoms with Crippen LogP contribution in [0.5, 0.6) is 0 Å². The number of benzene rings is 2. The first-order valence-corrected chi connectivity index (χ1v) is 9.60. The number of ether oxygens (including phenoxy) is 2. The van der Waals surface area contributed by atoms with Gasteiger partial charge in [-0.15, -0.1) is 0 Å². The molecule has 0 spiro atoms. The first kappa shape index (κ1) is 21.4. The van der Waals surface area contributed by atoms with Crippen LogP contribution in [0.25, 0.3) is 0 Å². The number of carbonyl (C=O) groups is 4. The number of fused-ring (bicyclic) bond motifs is 1. The third kappa shape index (κ3) is 4.31. The van der Waals surface area contributed by atoms with E-state index in [1.807, 2.05) is 26.0 Å². The number of nitrogens with zero attached hydrogens (tertiary/aromatic N) is 1. The van der Waals surface area contributed by atoms with Crippen LogP contribution in [-0.4, -0.2) is 55.3 Å². The molecule has 0 aliphatic carbocycles. The number of aryl methyl sites for hydroxylation is 2. The average molecular weight is 409 g/mol. The van der Waals surface area contributed by atoms with Gasteiger partial charge in [0.1, 0.15) is 0 Å². The molecule has 0 unspecified atom stereocenters. The molecule has 1 aliphatic rings. The lowest BCUT2D eigenvalue weighted by molar-refractivity contribution is 0.0474. The molecule has 0 saturated carbocycles. The lowest BCUT2D eigenvalue weighted by atomic mass is 10.0. The van der Waals surface area contributed by atoms with Gasteiger partial charge in [-0.3, -0.25) is 19.3 Å². The Labute approximate surface area is 174 Å². The molecule has 0 N–H and O–H groups in total. The molecule has 7 heteroatoms. The predicted molar refractivity (Wildman–Crippen MR) is 109 cm³/mol. The van der Waals surface area contributed by atoms with Gasteiger partial charge in [0.15, 0.2) is 6.61 Å². The van der Waals surface area contributed by atoms with E-state index in [1.54, 1.807) is 13.2 Å². The maximum atomic E-state index is 12.6. The molecule has 1 aliphatic heterocycles. The monoisotopic (exact) mass is 409 g/mol. The van der Waals surface area contributed by atoms with Crippen LogP contribution in [0.4, 0.5) is 0 Å². The summed E-state index contributed by atoms with van der Waals surface area (Å²) in [4.78, 5) is 50.9. The van der Waals surface area contributed by atoms with Crippen molar-refractivity contribution in [1.82, 2.24) is 4.90 Å². The van der Waals surface area contributed by atoms with Gasteiger partial charge in [0.25, 0.3) is 11.8 Å². The van der Waals surface area contributed by atoms with Crippen LogP contribution >= 0.6 is 0 Å². The maximum Gasteiger partial charge on any atom is 0.338 e. The summed E-state index contributed by atoms with van der Waals surface area (Å²) in [6, 6.07) is 9.62. The fourth-order valence-corrected chi connectivity index (χ4v) is 3.41. The summed E-state index contributed by atoms with van der Waals surface area (Å²) in [5, 5.41) is 0.